The molecule has 2 fully saturated rings. The zero-order chi connectivity index (χ0) is 14.9. The predicted molar refractivity (Wildman–Crippen MR) is 82.2 cm³/mol. The van der Waals surface area contributed by atoms with E-state index >= 15 is 0 Å². The molecule has 0 bridgehead atoms. The molecule has 0 saturated heterocycles. The summed E-state index contributed by atoms with van der Waals surface area (Å²) in [7, 11) is 0. The number of rotatable bonds is 6. The number of urea groups is 1. The van der Waals surface area contributed by atoms with Gasteiger partial charge in [0.25, 0.3) is 0 Å². The quantitative estimate of drug-likeness (QED) is 0.750. The summed E-state index contributed by atoms with van der Waals surface area (Å²) in [6, 6.07) is 8.31. The Morgan fingerprint density at radius 2 is 1.81 bits per heavy atom. The summed E-state index contributed by atoms with van der Waals surface area (Å²) >= 11 is 0. The van der Waals surface area contributed by atoms with Crippen molar-refractivity contribution < 1.29 is 9.90 Å². The lowest BCUT2D eigenvalue weighted by Crippen LogP contribution is -2.42. The third-order valence-electron chi connectivity index (χ3n) is 5.07. The fourth-order valence-corrected chi connectivity index (χ4v) is 3.01. The zero-order valence-corrected chi connectivity index (χ0v) is 12.6. The van der Waals surface area contributed by atoms with Gasteiger partial charge in [0.05, 0.1) is 6.61 Å². The molecule has 2 amide bonds. The van der Waals surface area contributed by atoms with Gasteiger partial charge in [-0.25, -0.2) is 4.79 Å². The van der Waals surface area contributed by atoms with Crippen LogP contribution >= 0.6 is 0 Å². The Balaban J connectivity index is 1.51. The van der Waals surface area contributed by atoms with Gasteiger partial charge in [0.1, 0.15) is 0 Å². The summed E-state index contributed by atoms with van der Waals surface area (Å²) in [6.45, 7) is 3.57. The van der Waals surface area contributed by atoms with Crippen LogP contribution in [0.2, 0.25) is 0 Å². The second-order valence-corrected chi connectivity index (χ2v) is 6.79. The van der Waals surface area contributed by atoms with Gasteiger partial charge in [-0.2, -0.15) is 0 Å². The molecule has 21 heavy (non-hydrogen) atoms. The Morgan fingerprint density at radius 3 is 2.38 bits per heavy atom. The number of carbonyl (C=O) groups excluding carboxylic acids is 1. The van der Waals surface area contributed by atoms with Gasteiger partial charge >= 0.3 is 6.03 Å². The Labute approximate surface area is 125 Å². The van der Waals surface area contributed by atoms with Crippen molar-refractivity contribution in [2.75, 3.05) is 19.7 Å². The van der Waals surface area contributed by atoms with Crippen molar-refractivity contribution in [1.29, 1.82) is 0 Å². The Hall–Kier alpha value is -1.55. The van der Waals surface area contributed by atoms with E-state index in [0.717, 1.165) is 25.7 Å². The van der Waals surface area contributed by atoms with Gasteiger partial charge in [0, 0.05) is 23.9 Å². The predicted octanol–water partition coefficient (Wildman–Crippen LogP) is 2.10. The highest BCUT2D eigenvalue weighted by Crippen LogP contribution is 2.48. The van der Waals surface area contributed by atoms with Crippen LogP contribution in [-0.4, -0.2) is 30.8 Å². The number of aliphatic hydroxyl groups excluding tert-OH is 1. The average molecular weight is 288 g/mol. The van der Waals surface area contributed by atoms with Crippen molar-refractivity contribution in [3.05, 3.63) is 35.4 Å². The normalized spacial score (nSPS) is 20.7. The van der Waals surface area contributed by atoms with E-state index in [1.807, 2.05) is 0 Å². The summed E-state index contributed by atoms with van der Waals surface area (Å²) in [6.07, 6.45) is 4.30. The van der Waals surface area contributed by atoms with E-state index in [9.17, 15) is 9.90 Å². The van der Waals surface area contributed by atoms with E-state index in [2.05, 4.69) is 41.8 Å². The molecular formula is C17H24N2O2. The van der Waals surface area contributed by atoms with Crippen molar-refractivity contribution in [1.82, 2.24) is 10.6 Å². The van der Waals surface area contributed by atoms with Gasteiger partial charge in [-0.3, -0.25) is 0 Å². The average Bonchev–Trinajstić information content (AvgIpc) is 3.40. The summed E-state index contributed by atoms with van der Waals surface area (Å²) in [5, 5.41) is 15.1. The topological polar surface area (TPSA) is 61.4 Å². The molecule has 2 aliphatic carbocycles. The fraction of sp³-hybridized carbons (Fsp3) is 0.588. The molecule has 2 saturated carbocycles. The van der Waals surface area contributed by atoms with Gasteiger partial charge in [-0.1, -0.05) is 24.3 Å². The molecule has 4 nitrogen and oxygen atoms in total. The number of nitrogens with one attached hydrogen (secondary N) is 2. The largest absolute Gasteiger partial charge is 0.396 e. The van der Waals surface area contributed by atoms with Crippen molar-refractivity contribution in [2.45, 2.75) is 38.0 Å². The highest BCUT2D eigenvalue weighted by atomic mass is 16.3. The van der Waals surface area contributed by atoms with Crippen molar-refractivity contribution in [2.24, 2.45) is 5.41 Å². The minimum atomic E-state index is -0.116. The number of aliphatic hydroxyl groups is 1. The van der Waals surface area contributed by atoms with Gasteiger partial charge in [0.15, 0.2) is 0 Å². The molecule has 2 aliphatic rings. The molecule has 0 spiro atoms. The van der Waals surface area contributed by atoms with Crippen molar-refractivity contribution >= 4 is 6.03 Å². The molecule has 0 atom stereocenters. The monoisotopic (exact) mass is 288 g/mol. The first-order valence-corrected chi connectivity index (χ1v) is 7.78. The molecule has 1 aromatic carbocycles. The van der Waals surface area contributed by atoms with Crippen LogP contribution in [0.15, 0.2) is 24.3 Å². The van der Waals surface area contributed by atoms with Gasteiger partial charge in [-0.15, -0.1) is 0 Å². The van der Waals surface area contributed by atoms with Crippen LogP contribution in [0.3, 0.4) is 0 Å². The third-order valence-corrected chi connectivity index (χ3v) is 5.07. The van der Waals surface area contributed by atoms with E-state index in [4.69, 9.17) is 0 Å². The molecular weight excluding hydrogens is 264 g/mol. The molecule has 3 N–H and O–H groups in total. The highest BCUT2D eigenvalue weighted by molar-refractivity contribution is 5.74. The lowest BCUT2D eigenvalue weighted by Gasteiger charge is -2.20. The number of hydrogen-bond donors (Lipinski definition) is 3. The van der Waals surface area contributed by atoms with Crippen LogP contribution in [0.25, 0.3) is 0 Å². The van der Waals surface area contributed by atoms with Crippen LogP contribution in [-0.2, 0) is 5.41 Å². The van der Waals surface area contributed by atoms with Crippen LogP contribution < -0.4 is 10.6 Å². The first-order chi connectivity index (χ1) is 10.1. The number of hydrogen-bond acceptors (Lipinski definition) is 2. The molecule has 3 rings (SSSR count). The SMILES string of the molecule is Cc1ccccc1C1(CNC(=O)NCC2(CO)CC2)CC1. The summed E-state index contributed by atoms with van der Waals surface area (Å²) in [5.41, 5.74) is 2.76. The molecule has 0 heterocycles. The van der Waals surface area contributed by atoms with Crippen LogP contribution in [0.1, 0.15) is 36.8 Å². The number of benzene rings is 1. The highest BCUT2D eigenvalue weighted by Gasteiger charge is 2.45. The van der Waals surface area contributed by atoms with E-state index in [1.54, 1.807) is 0 Å². The standard InChI is InChI=1S/C17H24N2O2/c1-13-4-2-3-5-14(13)17(8-9-17)11-19-15(21)18-10-16(12-20)6-7-16/h2-5,20H,6-12H2,1H3,(H2,18,19,21). The first-order valence-electron chi connectivity index (χ1n) is 7.78. The van der Waals surface area contributed by atoms with Gasteiger partial charge in [0.2, 0.25) is 0 Å². The van der Waals surface area contributed by atoms with E-state index in [-0.39, 0.29) is 23.5 Å². The van der Waals surface area contributed by atoms with E-state index < -0.39 is 0 Å². The molecule has 0 aromatic heterocycles. The molecule has 114 valence electrons. The van der Waals surface area contributed by atoms with Gasteiger partial charge < -0.3 is 15.7 Å². The van der Waals surface area contributed by atoms with Gasteiger partial charge in [-0.05, 0) is 43.7 Å². The second kappa shape index (κ2) is 5.34. The summed E-state index contributed by atoms with van der Waals surface area (Å²) < 4.78 is 0. The maximum Gasteiger partial charge on any atom is 0.314 e. The Kier molecular flexibility index (Phi) is 3.66. The lowest BCUT2D eigenvalue weighted by atomic mass is 9.92. The minimum absolute atomic E-state index is 0.0371. The van der Waals surface area contributed by atoms with E-state index in [0.29, 0.717) is 13.1 Å². The smallest absolute Gasteiger partial charge is 0.314 e. The number of amides is 2. The fourth-order valence-electron chi connectivity index (χ4n) is 3.01. The molecule has 4 heteroatoms. The third kappa shape index (κ3) is 3.05. The van der Waals surface area contributed by atoms with E-state index in [1.165, 1.54) is 11.1 Å². The second-order valence-electron chi connectivity index (χ2n) is 6.79. The molecule has 0 radical (unpaired) electrons. The summed E-state index contributed by atoms with van der Waals surface area (Å²) in [4.78, 5) is 11.9. The zero-order valence-electron chi connectivity index (χ0n) is 12.6. The molecule has 1 aromatic rings. The number of carbonyl (C=O) groups is 1. The molecule has 0 unspecified atom stereocenters. The molecule has 0 aliphatic heterocycles. The maximum absolute atomic E-state index is 11.9. The summed E-state index contributed by atoms with van der Waals surface area (Å²) in [5.74, 6) is 0. The number of aryl methyl sites for hydroxylation is 1. The van der Waals surface area contributed by atoms with Crippen molar-refractivity contribution in [3.8, 4) is 0 Å². The maximum atomic E-state index is 11.9. The van der Waals surface area contributed by atoms with Crippen LogP contribution in [0.5, 0.6) is 0 Å². The van der Waals surface area contributed by atoms with Crippen LogP contribution in [0, 0.1) is 12.3 Å². The van der Waals surface area contributed by atoms with Crippen molar-refractivity contribution in [3.63, 3.8) is 0 Å². The first kappa shape index (κ1) is 14.4. The lowest BCUT2D eigenvalue weighted by molar-refractivity contribution is 0.203. The Morgan fingerprint density at radius 1 is 1.14 bits per heavy atom. The Bertz CT molecular complexity index is 533. The van der Waals surface area contributed by atoms with Crippen LogP contribution in [0.4, 0.5) is 4.79 Å². The minimum Gasteiger partial charge on any atom is -0.396 e.